The van der Waals surface area contributed by atoms with Crippen LogP contribution in [0.1, 0.15) is 0 Å². The summed E-state index contributed by atoms with van der Waals surface area (Å²) in [5, 5.41) is 4.36. The van der Waals surface area contributed by atoms with Crippen molar-refractivity contribution in [2.75, 3.05) is 11.1 Å². The zero-order valence-corrected chi connectivity index (χ0v) is 13.6. The summed E-state index contributed by atoms with van der Waals surface area (Å²) in [5.74, 6) is 0. The van der Waals surface area contributed by atoms with Crippen LogP contribution in [-0.4, -0.2) is 4.98 Å². The van der Waals surface area contributed by atoms with E-state index < -0.39 is 0 Å². The van der Waals surface area contributed by atoms with Gasteiger partial charge in [-0.2, -0.15) is 0 Å². The Balaban J connectivity index is 2.17. The highest BCUT2D eigenvalue weighted by Crippen LogP contribution is 2.34. The van der Waals surface area contributed by atoms with E-state index in [1.54, 1.807) is 6.20 Å². The summed E-state index contributed by atoms with van der Waals surface area (Å²) < 4.78 is 1.98. The summed E-state index contributed by atoms with van der Waals surface area (Å²) >= 11 is 7.01. The molecule has 0 amide bonds. The third-order valence-electron chi connectivity index (χ3n) is 2.99. The van der Waals surface area contributed by atoms with Gasteiger partial charge >= 0.3 is 0 Å². The molecule has 0 fully saturated rings. The Morgan fingerprint density at radius 1 is 1.05 bits per heavy atom. The lowest BCUT2D eigenvalue weighted by atomic mass is 10.1. The second kappa shape index (κ2) is 5.42. The molecule has 5 heteroatoms. The van der Waals surface area contributed by atoms with Crippen molar-refractivity contribution in [2.24, 2.45) is 0 Å². The van der Waals surface area contributed by atoms with Gasteiger partial charge in [0.25, 0.3) is 0 Å². The molecule has 0 aliphatic carbocycles. The lowest BCUT2D eigenvalue weighted by Gasteiger charge is -2.13. The largest absolute Gasteiger partial charge is 0.396 e. The van der Waals surface area contributed by atoms with Crippen molar-refractivity contribution in [2.45, 2.75) is 0 Å². The second-order valence-corrected chi connectivity index (χ2v) is 6.12. The molecule has 2 aromatic carbocycles. The number of pyridine rings is 1. The van der Waals surface area contributed by atoms with Crippen LogP contribution in [0, 0.1) is 0 Å². The SMILES string of the molecule is Nc1cnc2ccc(Br)cc2c1Nc1ccccc1Br. The molecule has 1 aromatic heterocycles. The van der Waals surface area contributed by atoms with Crippen LogP contribution in [0.2, 0.25) is 0 Å². The van der Waals surface area contributed by atoms with Crippen LogP contribution in [0.25, 0.3) is 10.9 Å². The van der Waals surface area contributed by atoms with E-state index in [1.165, 1.54) is 0 Å². The highest BCUT2D eigenvalue weighted by molar-refractivity contribution is 9.10. The molecule has 0 aliphatic rings. The minimum Gasteiger partial charge on any atom is -0.396 e. The summed E-state index contributed by atoms with van der Waals surface area (Å²) in [6.45, 7) is 0. The normalized spacial score (nSPS) is 10.7. The topological polar surface area (TPSA) is 50.9 Å². The van der Waals surface area contributed by atoms with Crippen LogP contribution < -0.4 is 11.1 Å². The van der Waals surface area contributed by atoms with Gasteiger partial charge in [0.1, 0.15) is 0 Å². The van der Waals surface area contributed by atoms with Crippen LogP contribution >= 0.6 is 31.9 Å². The predicted molar refractivity (Wildman–Crippen MR) is 91.3 cm³/mol. The summed E-state index contributed by atoms with van der Waals surface area (Å²) in [7, 11) is 0. The first-order valence-corrected chi connectivity index (χ1v) is 7.59. The van der Waals surface area contributed by atoms with Crippen molar-refractivity contribution in [3.05, 3.63) is 57.6 Å². The van der Waals surface area contributed by atoms with Gasteiger partial charge in [-0.15, -0.1) is 0 Å². The standard InChI is InChI=1S/C15H11Br2N3/c16-9-5-6-13-10(7-9)15(12(18)8-19-13)20-14-4-2-1-3-11(14)17/h1-8H,18H2,(H,19,20). The monoisotopic (exact) mass is 391 g/mol. The number of nitrogens with zero attached hydrogens (tertiary/aromatic N) is 1. The van der Waals surface area contributed by atoms with Gasteiger partial charge in [-0.1, -0.05) is 28.1 Å². The van der Waals surface area contributed by atoms with Gasteiger partial charge in [0.05, 0.1) is 28.8 Å². The van der Waals surface area contributed by atoms with E-state index in [-0.39, 0.29) is 0 Å². The van der Waals surface area contributed by atoms with E-state index >= 15 is 0 Å². The maximum Gasteiger partial charge on any atom is 0.0746 e. The lowest BCUT2D eigenvalue weighted by molar-refractivity contribution is 1.40. The Hall–Kier alpha value is -1.59. The van der Waals surface area contributed by atoms with Crippen molar-refractivity contribution < 1.29 is 0 Å². The number of hydrogen-bond acceptors (Lipinski definition) is 3. The molecular formula is C15H11Br2N3. The molecule has 0 atom stereocenters. The van der Waals surface area contributed by atoms with Gasteiger partial charge in [0.2, 0.25) is 0 Å². The molecule has 0 saturated carbocycles. The zero-order valence-electron chi connectivity index (χ0n) is 10.4. The van der Waals surface area contributed by atoms with E-state index in [0.717, 1.165) is 31.2 Å². The highest BCUT2D eigenvalue weighted by atomic mass is 79.9. The zero-order chi connectivity index (χ0) is 14.1. The number of nitrogen functional groups attached to an aromatic ring is 1. The van der Waals surface area contributed by atoms with Crippen LogP contribution in [0.3, 0.4) is 0 Å². The van der Waals surface area contributed by atoms with Gasteiger partial charge in [-0.05, 0) is 46.3 Å². The van der Waals surface area contributed by atoms with Gasteiger partial charge in [-0.3, -0.25) is 4.98 Å². The van der Waals surface area contributed by atoms with Crippen LogP contribution in [0.4, 0.5) is 17.1 Å². The first kappa shape index (κ1) is 13.4. The summed E-state index contributed by atoms with van der Waals surface area (Å²) in [4.78, 5) is 4.35. The molecule has 0 bridgehead atoms. The number of aromatic nitrogens is 1. The average molecular weight is 393 g/mol. The number of hydrogen-bond donors (Lipinski definition) is 2. The molecule has 20 heavy (non-hydrogen) atoms. The summed E-state index contributed by atoms with van der Waals surface area (Å²) in [6, 6.07) is 13.9. The second-order valence-electron chi connectivity index (χ2n) is 4.35. The molecule has 100 valence electrons. The molecular weight excluding hydrogens is 382 g/mol. The Morgan fingerprint density at radius 3 is 2.65 bits per heavy atom. The third-order valence-corrected chi connectivity index (χ3v) is 4.18. The predicted octanol–water partition coefficient (Wildman–Crippen LogP) is 5.09. The Labute approximate surface area is 133 Å². The molecule has 3 rings (SSSR count). The number of benzene rings is 2. The minimum absolute atomic E-state index is 0.617. The Bertz CT molecular complexity index is 782. The molecule has 3 aromatic rings. The maximum absolute atomic E-state index is 6.08. The molecule has 1 heterocycles. The Kier molecular flexibility index (Phi) is 3.63. The molecule has 0 saturated heterocycles. The molecule has 0 aliphatic heterocycles. The molecule has 0 spiro atoms. The summed E-state index contributed by atoms with van der Waals surface area (Å²) in [6.07, 6.45) is 1.68. The van der Waals surface area contributed by atoms with E-state index in [4.69, 9.17) is 5.73 Å². The van der Waals surface area contributed by atoms with Crippen molar-refractivity contribution in [3.8, 4) is 0 Å². The molecule has 3 N–H and O–H groups in total. The lowest BCUT2D eigenvalue weighted by Crippen LogP contribution is -1.99. The number of halogens is 2. The maximum atomic E-state index is 6.08. The van der Waals surface area contributed by atoms with Gasteiger partial charge in [0, 0.05) is 14.3 Å². The number of nitrogens with two attached hydrogens (primary N) is 1. The quantitative estimate of drug-likeness (QED) is 0.638. The van der Waals surface area contributed by atoms with Crippen LogP contribution in [0.15, 0.2) is 57.6 Å². The number of nitrogens with one attached hydrogen (secondary N) is 1. The molecule has 0 radical (unpaired) electrons. The van der Waals surface area contributed by atoms with Crippen molar-refractivity contribution in [1.82, 2.24) is 4.98 Å². The molecule has 3 nitrogen and oxygen atoms in total. The van der Waals surface area contributed by atoms with E-state index in [0.29, 0.717) is 5.69 Å². The number of para-hydroxylation sites is 1. The highest BCUT2D eigenvalue weighted by Gasteiger charge is 2.09. The minimum atomic E-state index is 0.617. The van der Waals surface area contributed by atoms with Gasteiger partial charge in [-0.25, -0.2) is 0 Å². The summed E-state index contributed by atoms with van der Waals surface area (Å²) in [5.41, 5.74) is 9.42. The van der Waals surface area contributed by atoms with Gasteiger partial charge in [0.15, 0.2) is 0 Å². The third kappa shape index (κ3) is 2.51. The van der Waals surface area contributed by atoms with Crippen molar-refractivity contribution >= 4 is 59.8 Å². The van der Waals surface area contributed by atoms with E-state index in [1.807, 2.05) is 42.5 Å². The Morgan fingerprint density at radius 2 is 1.85 bits per heavy atom. The van der Waals surface area contributed by atoms with Crippen LogP contribution in [-0.2, 0) is 0 Å². The van der Waals surface area contributed by atoms with Crippen LogP contribution in [0.5, 0.6) is 0 Å². The average Bonchev–Trinajstić information content (AvgIpc) is 2.44. The number of rotatable bonds is 2. The van der Waals surface area contributed by atoms with Gasteiger partial charge < -0.3 is 11.1 Å². The van der Waals surface area contributed by atoms with Crippen molar-refractivity contribution in [3.63, 3.8) is 0 Å². The fourth-order valence-corrected chi connectivity index (χ4v) is 2.76. The molecule has 0 unspecified atom stereocenters. The first-order valence-electron chi connectivity index (χ1n) is 6.00. The number of fused-ring (bicyclic) bond motifs is 1. The van der Waals surface area contributed by atoms with E-state index in [2.05, 4.69) is 42.2 Å². The smallest absolute Gasteiger partial charge is 0.0746 e. The number of anilines is 3. The first-order chi connectivity index (χ1) is 9.65. The fraction of sp³-hybridized carbons (Fsp3) is 0. The van der Waals surface area contributed by atoms with E-state index in [9.17, 15) is 0 Å². The van der Waals surface area contributed by atoms with Crippen molar-refractivity contribution in [1.29, 1.82) is 0 Å². The fourth-order valence-electron chi connectivity index (χ4n) is 2.02.